The van der Waals surface area contributed by atoms with E-state index in [-0.39, 0.29) is 23.5 Å². The number of esters is 1. The minimum atomic E-state index is -3.80. The van der Waals surface area contributed by atoms with E-state index in [1.54, 1.807) is 12.1 Å². The van der Waals surface area contributed by atoms with Gasteiger partial charge in [0.15, 0.2) is 0 Å². The average Bonchev–Trinajstić information content (AvgIpc) is 3.33. The average molecular weight is 417 g/mol. The van der Waals surface area contributed by atoms with Crippen molar-refractivity contribution < 1.29 is 26.8 Å². The first-order valence-corrected chi connectivity index (χ1v) is 10.7. The Kier molecular flexibility index (Phi) is 5.01. The number of hydrogen-bond donors (Lipinski definition) is 1. The van der Waals surface area contributed by atoms with Gasteiger partial charge in [0.2, 0.25) is 10.9 Å². The molecule has 0 spiro atoms. The second-order valence-electron chi connectivity index (χ2n) is 6.87. The first-order chi connectivity index (χ1) is 13.9. The lowest BCUT2D eigenvalue weighted by atomic mass is 10.1. The molecule has 3 aromatic rings. The van der Waals surface area contributed by atoms with Crippen molar-refractivity contribution in [2.24, 2.45) is 0 Å². The Morgan fingerprint density at radius 3 is 2.69 bits per heavy atom. The number of carbonyl (C=O) groups is 1. The zero-order valence-electron chi connectivity index (χ0n) is 15.6. The summed E-state index contributed by atoms with van der Waals surface area (Å²) in [5.41, 5.74) is 1.37. The van der Waals surface area contributed by atoms with E-state index in [0.717, 1.165) is 24.8 Å². The van der Waals surface area contributed by atoms with E-state index in [1.807, 2.05) is 13.0 Å². The predicted molar refractivity (Wildman–Crippen MR) is 103 cm³/mol. The van der Waals surface area contributed by atoms with Crippen LogP contribution in [0.4, 0.5) is 0 Å². The molecule has 29 heavy (non-hydrogen) atoms. The van der Waals surface area contributed by atoms with E-state index in [1.165, 1.54) is 18.2 Å². The Hall–Kier alpha value is -2.91. The molecular formula is C20H19NO7S. The van der Waals surface area contributed by atoms with Crippen LogP contribution in [-0.4, -0.2) is 20.4 Å². The van der Waals surface area contributed by atoms with Gasteiger partial charge in [-0.05, 0) is 43.0 Å². The first-order valence-electron chi connectivity index (χ1n) is 9.20. The van der Waals surface area contributed by atoms with Crippen molar-refractivity contribution >= 4 is 27.0 Å². The summed E-state index contributed by atoms with van der Waals surface area (Å²) in [5, 5.41) is 0.320. The molecular weight excluding hydrogens is 398 g/mol. The number of sulfonamides is 1. The van der Waals surface area contributed by atoms with Gasteiger partial charge in [-0.1, -0.05) is 19.1 Å². The standard InChI is InChI=1S/C20H19NO7S/c1-2-12-3-6-15-13(10-18(22)27-17(15)9-12)11-26-20(23)16-7-8-19(28-16)29(24,25)21-14-4-5-14/h3,6-10,14,21H,2,4-5,11H2,1H3. The van der Waals surface area contributed by atoms with E-state index in [2.05, 4.69) is 4.72 Å². The van der Waals surface area contributed by atoms with E-state index in [9.17, 15) is 18.0 Å². The molecule has 1 fully saturated rings. The molecule has 1 N–H and O–H groups in total. The minimum Gasteiger partial charge on any atom is -0.455 e. The second-order valence-corrected chi connectivity index (χ2v) is 8.51. The number of furan rings is 1. The maximum atomic E-state index is 12.3. The molecule has 8 nitrogen and oxygen atoms in total. The third-order valence-electron chi connectivity index (χ3n) is 4.61. The molecule has 0 unspecified atom stereocenters. The Balaban J connectivity index is 1.51. The SMILES string of the molecule is CCc1ccc2c(COC(=O)c3ccc(S(=O)(=O)NC4CC4)o3)cc(=O)oc2c1. The fourth-order valence-corrected chi connectivity index (χ4v) is 4.12. The van der Waals surface area contributed by atoms with Crippen LogP contribution in [0.3, 0.4) is 0 Å². The molecule has 9 heteroatoms. The largest absolute Gasteiger partial charge is 0.455 e. The molecule has 0 aliphatic heterocycles. The Bertz CT molecular complexity index is 1240. The van der Waals surface area contributed by atoms with Crippen molar-refractivity contribution in [3.05, 3.63) is 63.7 Å². The van der Waals surface area contributed by atoms with Crippen LogP contribution in [0.1, 0.15) is 41.4 Å². The maximum absolute atomic E-state index is 12.3. The van der Waals surface area contributed by atoms with Gasteiger partial charge in [0.25, 0.3) is 10.0 Å². The molecule has 0 bridgehead atoms. The molecule has 1 aliphatic rings. The van der Waals surface area contributed by atoms with E-state index >= 15 is 0 Å². The van der Waals surface area contributed by atoms with Gasteiger partial charge in [-0.25, -0.2) is 22.7 Å². The predicted octanol–water partition coefficient (Wildman–Crippen LogP) is 2.75. The third-order valence-corrected chi connectivity index (χ3v) is 6.00. The number of rotatable bonds is 7. The highest BCUT2D eigenvalue weighted by Gasteiger charge is 2.30. The lowest BCUT2D eigenvalue weighted by molar-refractivity contribution is 0.0431. The van der Waals surface area contributed by atoms with Crippen LogP contribution >= 0.6 is 0 Å². The lowest BCUT2D eigenvalue weighted by Gasteiger charge is -2.07. The maximum Gasteiger partial charge on any atom is 0.374 e. The van der Waals surface area contributed by atoms with Crippen molar-refractivity contribution in [2.45, 2.75) is 43.9 Å². The van der Waals surface area contributed by atoms with Gasteiger partial charge in [0.1, 0.15) is 12.2 Å². The molecule has 2 heterocycles. The highest BCUT2D eigenvalue weighted by Crippen LogP contribution is 2.24. The van der Waals surface area contributed by atoms with Crippen molar-refractivity contribution in [1.29, 1.82) is 0 Å². The van der Waals surface area contributed by atoms with Crippen LogP contribution in [0.25, 0.3) is 11.0 Å². The van der Waals surface area contributed by atoms with E-state index in [4.69, 9.17) is 13.6 Å². The van der Waals surface area contributed by atoms with E-state index < -0.39 is 21.6 Å². The second kappa shape index (κ2) is 7.49. The van der Waals surface area contributed by atoms with Crippen molar-refractivity contribution in [3.8, 4) is 0 Å². The van der Waals surface area contributed by atoms with Crippen LogP contribution in [0.5, 0.6) is 0 Å². The van der Waals surface area contributed by atoms with Crippen LogP contribution < -0.4 is 10.3 Å². The van der Waals surface area contributed by atoms with Crippen LogP contribution in [0.2, 0.25) is 0 Å². The summed E-state index contributed by atoms with van der Waals surface area (Å²) in [6.07, 6.45) is 2.36. The minimum absolute atomic E-state index is 0.0770. The molecule has 0 amide bonds. The van der Waals surface area contributed by atoms with Crippen molar-refractivity contribution in [1.82, 2.24) is 4.72 Å². The van der Waals surface area contributed by atoms with Gasteiger partial charge in [-0.2, -0.15) is 0 Å². The fourth-order valence-electron chi connectivity index (χ4n) is 2.88. The molecule has 1 saturated carbocycles. The summed E-state index contributed by atoms with van der Waals surface area (Å²) in [6.45, 7) is 1.80. The van der Waals surface area contributed by atoms with Gasteiger partial charge in [0, 0.05) is 23.1 Å². The Morgan fingerprint density at radius 2 is 1.97 bits per heavy atom. The Labute approximate surface area is 166 Å². The van der Waals surface area contributed by atoms with Crippen LogP contribution in [-0.2, 0) is 27.8 Å². The topological polar surface area (TPSA) is 116 Å². The monoisotopic (exact) mass is 417 g/mol. The number of benzene rings is 1. The third kappa shape index (κ3) is 4.25. The Morgan fingerprint density at radius 1 is 1.17 bits per heavy atom. The fraction of sp³-hybridized carbons (Fsp3) is 0.300. The number of carbonyl (C=O) groups excluding carboxylic acids is 1. The summed E-state index contributed by atoms with van der Waals surface area (Å²) in [7, 11) is -3.80. The van der Waals surface area contributed by atoms with Gasteiger partial charge in [-0.3, -0.25) is 0 Å². The zero-order valence-corrected chi connectivity index (χ0v) is 16.5. The summed E-state index contributed by atoms with van der Waals surface area (Å²) >= 11 is 0. The number of ether oxygens (including phenoxy) is 1. The molecule has 1 aromatic carbocycles. The lowest BCUT2D eigenvalue weighted by Crippen LogP contribution is -2.25. The van der Waals surface area contributed by atoms with E-state index in [0.29, 0.717) is 16.5 Å². The number of hydrogen-bond acceptors (Lipinski definition) is 7. The summed E-state index contributed by atoms with van der Waals surface area (Å²) in [5.74, 6) is -1.06. The number of aryl methyl sites for hydroxylation is 1. The zero-order chi connectivity index (χ0) is 20.6. The van der Waals surface area contributed by atoms with Crippen molar-refractivity contribution in [3.63, 3.8) is 0 Å². The molecule has 0 saturated heterocycles. The van der Waals surface area contributed by atoms with Crippen LogP contribution in [0.15, 0.2) is 55.1 Å². The molecule has 2 aromatic heterocycles. The van der Waals surface area contributed by atoms with Gasteiger partial charge < -0.3 is 13.6 Å². The quantitative estimate of drug-likeness (QED) is 0.464. The van der Waals surface area contributed by atoms with Gasteiger partial charge >= 0.3 is 11.6 Å². The highest BCUT2D eigenvalue weighted by molar-refractivity contribution is 7.89. The summed E-state index contributed by atoms with van der Waals surface area (Å²) in [6, 6.07) is 9.13. The first kappa shape index (κ1) is 19.4. The normalized spacial score (nSPS) is 14.2. The molecule has 152 valence electrons. The molecule has 4 rings (SSSR count). The van der Waals surface area contributed by atoms with Gasteiger partial charge in [0.05, 0.1) is 0 Å². The molecule has 1 aliphatic carbocycles. The van der Waals surface area contributed by atoms with Crippen molar-refractivity contribution in [2.75, 3.05) is 0 Å². The molecule has 0 atom stereocenters. The number of nitrogens with one attached hydrogen (secondary N) is 1. The summed E-state index contributed by atoms with van der Waals surface area (Å²) in [4.78, 5) is 24.1. The summed E-state index contributed by atoms with van der Waals surface area (Å²) < 4.78 is 42.4. The van der Waals surface area contributed by atoms with Gasteiger partial charge in [-0.15, -0.1) is 0 Å². The molecule has 0 radical (unpaired) electrons. The number of fused-ring (bicyclic) bond motifs is 1. The smallest absolute Gasteiger partial charge is 0.374 e. The van der Waals surface area contributed by atoms with Crippen LogP contribution in [0, 0.1) is 0 Å². The highest BCUT2D eigenvalue weighted by atomic mass is 32.2.